The number of rotatable bonds is 4. The van der Waals surface area contributed by atoms with Crippen molar-refractivity contribution >= 4 is 5.91 Å². The maximum absolute atomic E-state index is 11.9. The summed E-state index contributed by atoms with van der Waals surface area (Å²) < 4.78 is 0. The van der Waals surface area contributed by atoms with Gasteiger partial charge < -0.3 is 10.2 Å². The van der Waals surface area contributed by atoms with E-state index in [-0.39, 0.29) is 11.9 Å². The summed E-state index contributed by atoms with van der Waals surface area (Å²) in [7, 11) is 1.84. The minimum Gasteiger partial charge on any atom is -0.341 e. The Balaban J connectivity index is 2.33. The standard InChI is InChI=1S/C12H24N2O/c1-4-5-11-6-8-14(9-7-11)12(15)10(2)13-3/h10-11,13H,4-9H2,1-3H3. The molecule has 0 spiro atoms. The zero-order valence-corrected chi connectivity index (χ0v) is 10.3. The lowest BCUT2D eigenvalue weighted by atomic mass is 9.92. The summed E-state index contributed by atoms with van der Waals surface area (Å²) in [5, 5.41) is 3.01. The van der Waals surface area contributed by atoms with E-state index >= 15 is 0 Å². The number of carbonyl (C=O) groups excluding carboxylic acids is 1. The summed E-state index contributed by atoms with van der Waals surface area (Å²) >= 11 is 0. The van der Waals surface area contributed by atoms with Crippen molar-refractivity contribution in [1.29, 1.82) is 0 Å². The molecule has 1 fully saturated rings. The Bertz CT molecular complexity index is 198. The summed E-state index contributed by atoms with van der Waals surface area (Å²) in [5.41, 5.74) is 0. The first-order valence-electron chi connectivity index (χ1n) is 6.15. The second kappa shape index (κ2) is 6.11. The fourth-order valence-corrected chi connectivity index (χ4v) is 2.25. The van der Waals surface area contributed by atoms with E-state index in [0.717, 1.165) is 19.0 Å². The lowest BCUT2D eigenvalue weighted by Gasteiger charge is -2.33. The van der Waals surface area contributed by atoms with Crippen LogP contribution in [0.2, 0.25) is 0 Å². The minimum atomic E-state index is -0.0345. The fourth-order valence-electron chi connectivity index (χ4n) is 2.25. The predicted octanol–water partition coefficient (Wildman–Crippen LogP) is 1.63. The lowest BCUT2D eigenvalue weighted by molar-refractivity contribution is -0.134. The van der Waals surface area contributed by atoms with Gasteiger partial charge in [-0.25, -0.2) is 0 Å². The molecule has 1 aliphatic rings. The molecule has 1 rings (SSSR count). The Morgan fingerprint density at radius 1 is 1.47 bits per heavy atom. The molecule has 88 valence electrons. The maximum atomic E-state index is 11.9. The molecule has 0 aromatic heterocycles. The molecule has 1 aliphatic heterocycles. The normalized spacial score (nSPS) is 20.3. The molecule has 1 heterocycles. The Morgan fingerprint density at radius 2 is 2.07 bits per heavy atom. The Hall–Kier alpha value is -0.570. The third kappa shape index (κ3) is 3.49. The van der Waals surface area contributed by atoms with Gasteiger partial charge in [0.05, 0.1) is 6.04 Å². The molecule has 15 heavy (non-hydrogen) atoms. The van der Waals surface area contributed by atoms with Gasteiger partial charge in [0.2, 0.25) is 5.91 Å². The Kier molecular flexibility index (Phi) is 5.09. The van der Waals surface area contributed by atoms with E-state index in [0.29, 0.717) is 0 Å². The maximum Gasteiger partial charge on any atom is 0.239 e. The molecule has 0 bridgehead atoms. The van der Waals surface area contributed by atoms with Crippen LogP contribution in [-0.4, -0.2) is 37.0 Å². The smallest absolute Gasteiger partial charge is 0.239 e. The quantitative estimate of drug-likeness (QED) is 0.768. The van der Waals surface area contributed by atoms with Crippen LogP contribution < -0.4 is 5.32 Å². The molecule has 1 N–H and O–H groups in total. The summed E-state index contributed by atoms with van der Waals surface area (Å²) in [6.45, 7) is 6.08. The molecule has 3 nitrogen and oxygen atoms in total. The first-order chi connectivity index (χ1) is 7.19. The highest BCUT2D eigenvalue weighted by Gasteiger charge is 2.24. The van der Waals surface area contributed by atoms with Gasteiger partial charge in [-0.15, -0.1) is 0 Å². The van der Waals surface area contributed by atoms with Crippen molar-refractivity contribution in [3.8, 4) is 0 Å². The van der Waals surface area contributed by atoms with Crippen molar-refractivity contribution in [3.05, 3.63) is 0 Å². The molecule has 0 saturated carbocycles. The van der Waals surface area contributed by atoms with Gasteiger partial charge >= 0.3 is 0 Å². The van der Waals surface area contributed by atoms with Crippen LogP contribution in [0.1, 0.15) is 39.5 Å². The van der Waals surface area contributed by atoms with Crippen molar-refractivity contribution in [2.75, 3.05) is 20.1 Å². The summed E-state index contributed by atoms with van der Waals surface area (Å²) in [6, 6.07) is -0.0345. The topological polar surface area (TPSA) is 32.3 Å². The number of likely N-dealkylation sites (tertiary alicyclic amines) is 1. The van der Waals surface area contributed by atoms with Gasteiger partial charge in [-0.3, -0.25) is 4.79 Å². The Labute approximate surface area is 93.2 Å². The van der Waals surface area contributed by atoms with E-state index < -0.39 is 0 Å². The number of nitrogens with zero attached hydrogens (tertiary/aromatic N) is 1. The summed E-state index contributed by atoms with van der Waals surface area (Å²) in [5.74, 6) is 1.11. The van der Waals surface area contributed by atoms with Crippen LogP contribution in [0.4, 0.5) is 0 Å². The molecular weight excluding hydrogens is 188 g/mol. The highest BCUT2D eigenvalue weighted by molar-refractivity contribution is 5.81. The van der Waals surface area contributed by atoms with Crippen molar-refractivity contribution in [1.82, 2.24) is 10.2 Å². The summed E-state index contributed by atoms with van der Waals surface area (Å²) in [6.07, 6.45) is 4.97. The first-order valence-corrected chi connectivity index (χ1v) is 6.15. The molecule has 3 heteroatoms. The second-order valence-corrected chi connectivity index (χ2v) is 4.57. The zero-order chi connectivity index (χ0) is 11.3. The van der Waals surface area contributed by atoms with Gasteiger partial charge in [0.15, 0.2) is 0 Å². The zero-order valence-electron chi connectivity index (χ0n) is 10.3. The third-order valence-electron chi connectivity index (χ3n) is 3.43. The number of piperidine rings is 1. The van der Waals surface area contributed by atoms with Gasteiger partial charge in [-0.2, -0.15) is 0 Å². The van der Waals surface area contributed by atoms with Crippen molar-refractivity contribution < 1.29 is 4.79 Å². The predicted molar refractivity (Wildman–Crippen MR) is 62.7 cm³/mol. The molecule has 0 aromatic rings. The number of nitrogens with one attached hydrogen (secondary N) is 1. The van der Waals surface area contributed by atoms with E-state index in [2.05, 4.69) is 12.2 Å². The number of likely N-dealkylation sites (N-methyl/N-ethyl adjacent to an activating group) is 1. The first kappa shape index (κ1) is 12.5. The van der Waals surface area contributed by atoms with Crippen molar-refractivity contribution in [2.45, 2.75) is 45.6 Å². The number of amides is 1. The molecule has 0 aliphatic carbocycles. The largest absolute Gasteiger partial charge is 0.341 e. The van der Waals surface area contributed by atoms with E-state index in [1.165, 1.54) is 25.7 Å². The molecule has 1 saturated heterocycles. The van der Waals surface area contributed by atoms with Gasteiger partial charge in [0.1, 0.15) is 0 Å². The molecule has 0 aromatic carbocycles. The van der Waals surface area contributed by atoms with Crippen LogP contribution in [0.5, 0.6) is 0 Å². The summed E-state index contributed by atoms with van der Waals surface area (Å²) in [4.78, 5) is 13.9. The van der Waals surface area contributed by atoms with Crippen LogP contribution in [0.15, 0.2) is 0 Å². The van der Waals surface area contributed by atoms with E-state index in [4.69, 9.17) is 0 Å². The van der Waals surface area contributed by atoms with Crippen molar-refractivity contribution in [2.24, 2.45) is 5.92 Å². The highest BCUT2D eigenvalue weighted by atomic mass is 16.2. The average molecular weight is 212 g/mol. The number of hydrogen-bond donors (Lipinski definition) is 1. The molecule has 1 amide bonds. The van der Waals surface area contributed by atoms with Crippen LogP contribution in [0, 0.1) is 5.92 Å². The third-order valence-corrected chi connectivity index (χ3v) is 3.43. The second-order valence-electron chi connectivity index (χ2n) is 4.57. The van der Waals surface area contributed by atoms with Crippen LogP contribution in [0.25, 0.3) is 0 Å². The SMILES string of the molecule is CCCC1CCN(C(=O)C(C)NC)CC1. The monoisotopic (exact) mass is 212 g/mol. The van der Waals surface area contributed by atoms with Crippen LogP contribution >= 0.6 is 0 Å². The van der Waals surface area contributed by atoms with E-state index in [1.807, 2.05) is 18.9 Å². The highest BCUT2D eigenvalue weighted by Crippen LogP contribution is 2.21. The number of carbonyl (C=O) groups is 1. The average Bonchev–Trinajstić information content (AvgIpc) is 2.28. The lowest BCUT2D eigenvalue weighted by Crippen LogP contribution is -2.46. The van der Waals surface area contributed by atoms with Crippen LogP contribution in [-0.2, 0) is 4.79 Å². The van der Waals surface area contributed by atoms with Crippen molar-refractivity contribution in [3.63, 3.8) is 0 Å². The molecule has 1 atom stereocenters. The van der Waals surface area contributed by atoms with E-state index in [1.54, 1.807) is 0 Å². The van der Waals surface area contributed by atoms with Crippen LogP contribution in [0.3, 0.4) is 0 Å². The van der Waals surface area contributed by atoms with Gasteiger partial charge in [0.25, 0.3) is 0 Å². The Morgan fingerprint density at radius 3 is 2.53 bits per heavy atom. The van der Waals surface area contributed by atoms with E-state index in [9.17, 15) is 4.79 Å². The minimum absolute atomic E-state index is 0.0345. The fraction of sp³-hybridized carbons (Fsp3) is 0.917. The van der Waals surface area contributed by atoms with Gasteiger partial charge in [-0.05, 0) is 32.7 Å². The number of hydrogen-bond acceptors (Lipinski definition) is 2. The van der Waals surface area contributed by atoms with Gasteiger partial charge in [-0.1, -0.05) is 19.8 Å². The molecule has 0 radical (unpaired) electrons. The van der Waals surface area contributed by atoms with Gasteiger partial charge in [0, 0.05) is 13.1 Å². The molecule has 1 unspecified atom stereocenters. The molecular formula is C12H24N2O.